The zero-order chi connectivity index (χ0) is 16.1. The van der Waals surface area contributed by atoms with Crippen LogP contribution < -0.4 is 5.32 Å². The number of rotatable bonds is 6. The Balaban J connectivity index is 1.88. The average Bonchev–Trinajstić information content (AvgIpc) is 2.86. The topological polar surface area (TPSA) is 68.5 Å². The van der Waals surface area contributed by atoms with Gasteiger partial charge in [-0.05, 0) is 25.0 Å². The highest BCUT2D eigenvalue weighted by molar-refractivity contribution is 5.86. The molecule has 1 atom stereocenters. The van der Waals surface area contributed by atoms with Crippen LogP contribution in [0.5, 0.6) is 0 Å². The van der Waals surface area contributed by atoms with E-state index in [0.717, 1.165) is 11.0 Å². The maximum atomic E-state index is 12.0. The highest BCUT2D eigenvalue weighted by Gasteiger charge is 2.18. The van der Waals surface area contributed by atoms with Gasteiger partial charge in [0.05, 0.1) is 13.0 Å². The lowest BCUT2D eigenvalue weighted by Crippen LogP contribution is -2.40. The van der Waals surface area contributed by atoms with Crippen LogP contribution in [0.3, 0.4) is 0 Å². The number of amides is 1. The third kappa shape index (κ3) is 4.35. The van der Waals surface area contributed by atoms with Crippen LogP contribution >= 0.6 is 0 Å². The summed E-state index contributed by atoms with van der Waals surface area (Å²) in [5.41, 5.74) is 0.745. The summed E-state index contributed by atoms with van der Waals surface area (Å²) in [6.07, 6.45) is 0.0937. The van der Waals surface area contributed by atoms with Crippen LogP contribution in [0, 0.1) is 5.92 Å². The molecule has 1 aromatic heterocycles. The minimum Gasteiger partial charge on any atom is -0.464 e. The molecule has 1 unspecified atom stereocenters. The Bertz CT molecular complexity index is 626. The molecule has 5 nitrogen and oxygen atoms in total. The molecule has 22 heavy (non-hydrogen) atoms. The van der Waals surface area contributed by atoms with Crippen LogP contribution in [-0.2, 0) is 20.7 Å². The van der Waals surface area contributed by atoms with E-state index in [2.05, 4.69) is 5.32 Å². The minimum absolute atomic E-state index is 0.0937. The smallest absolute Gasteiger partial charge is 0.328 e. The summed E-state index contributed by atoms with van der Waals surface area (Å²) in [4.78, 5) is 23.7. The normalized spacial score (nSPS) is 12.4. The van der Waals surface area contributed by atoms with Crippen LogP contribution in [0.25, 0.3) is 11.0 Å². The van der Waals surface area contributed by atoms with Crippen molar-refractivity contribution in [1.82, 2.24) is 5.32 Å². The van der Waals surface area contributed by atoms with Gasteiger partial charge in [-0.3, -0.25) is 4.79 Å². The summed E-state index contributed by atoms with van der Waals surface area (Å²) in [6, 6.07) is 8.72. The van der Waals surface area contributed by atoms with E-state index in [9.17, 15) is 9.59 Å². The summed E-state index contributed by atoms with van der Waals surface area (Å²) < 4.78 is 10.7. The molecule has 2 rings (SSSR count). The second-order valence-electron chi connectivity index (χ2n) is 5.74. The summed E-state index contributed by atoms with van der Waals surface area (Å²) in [5.74, 6) is 0.142. The van der Waals surface area contributed by atoms with Crippen LogP contribution in [-0.4, -0.2) is 24.5 Å². The molecule has 1 amide bonds. The lowest BCUT2D eigenvalue weighted by Gasteiger charge is -2.14. The zero-order valence-corrected chi connectivity index (χ0v) is 13.1. The van der Waals surface area contributed by atoms with Gasteiger partial charge in [-0.2, -0.15) is 0 Å². The van der Waals surface area contributed by atoms with Gasteiger partial charge in [0, 0.05) is 5.39 Å². The molecule has 0 aliphatic rings. The fourth-order valence-electron chi connectivity index (χ4n) is 2.01. The number of carbonyl (C=O) groups is 2. The van der Waals surface area contributed by atoms with E-state index < -0.39 is 12.0 Å². The number of carbonyl (C=O) groups excluding carboxylic acids is 2. The molecular formula is C17H21NO4. The molecule has 1 N–H and O–H groups in total. The highest BCUT2D eigenvalue weighted by Crippen LogP contribution is 2.19. The number of furan rings is 1. The number of esters is 1. The summed E-state index contributed by atoms with van der Waals surface area (Å²) >= 11 is 0. The molecule has 0 spiro atoms. The van der Waals surface area contributed by atoms with Gasteiger partial charge >= 0.3 is 5.97 Å². The Morgan fingerprint density at radius 1 is 1.23 bits per heavy atom. The lowest BCUT2D eigenvalue weighted by atomic mass is 10.2. The predicted octanol–water partition coefficient (Wildman–Crippen LogP) is 2.68. The molecule has 0 radical (unpaired) electrons. The Morgan fingerprint density at radius 2 is 1.95 bits per heavy atom. The SMILES string of the molecule is CC(C)COC(=O)C(C)NC(=O)Cc1cc2ccccc2o1. The van der Waals surface area contributed by atoms with Crippen LogP contribution in [0.2, 0.25) is 0 Å². The molecule has 1 heterocycles. The van der Waals surface area contributed by atoms with E-state index in [1.807, 2.05) is 44.2 Å². The second-order valence-corrected chi connectivity index (χ2v) is 5.74. The number of nitrogens with one attached hydrogen (secondary N) is 1. The van der Waals surface area contributed by atoms with Crippen molar-refractivity contribution in [3.8, 4) is 0 Å². The van der Waals surface area contributed by atoms with E-state index in [-0.39, 0.29) is 18.2 Å². The third-order valence-electron chi connectivity index (χ3n) is 3.10. The van der Waals surface area contributed by atoms with Gasteiger partial charge in [-0.25, -0.2) is 4.79 Å². The fourth-order valence-corrected chi connectivity index (χ4v) is 2.01. The first-order chi connectivity index (χ1) is 10.5. The quantitative estimate of drug-likeness (QED) is 0.833. The monoisotopic (exact) mass is 303 g/mol. The van der Waals surface area contributed by atoms with Crippen molar-refractivity contribution in [3.63, 3.8) is 0 Å². The molecule has 2 aromatic rings. The van der Waals surface area contributed by atoms with Crippen LogP contribution in [0.1, 0.15) is 26.5 Å². The first-order valence-electron chi connectivity index (χ1n) is 7.39. The van der Waals surface area contributed by atoms with Gasteiger partial charge in [0.2, 0.25) is 5.91 Å². The molecule has 0 saturated heterocycles. The maximum absolute atomic E-state index is 12.0. The van der Waals surface area contributed by atoms with Crippen molar-refractivity contribution in [2.75, 3.05) is 6.61 Å². The molecule has 0 aliphatic carbocycles. The zero-order valence-electron chi connectivity index (χ0n) is 13.1. The van der Waals surface area contributed by atoms with Gasteiger partial charge in [0.1, 0.15) is 17.4 Å². The molecule has 0 aliphatic heterocycles. The fraction of sp³-hybridized carbons (Fsp3) is 0.412. The summed E-state index contributed by atoms with van der Waals surface area (Å²) in [5, 5.41) is 3.58. The van der Waals surface area contributed by atoms with Gasteiger partial charge in [-0.1, -0.05) is 32.0 Å². The van der Waals surface area contributed by atoms with Gasteiger partial charge in [0.15, 0.2) is 0 Å². The third-order valence-corrected chi connectivity index (χ3v) is 3.10. The van der Waals surface area contributed by atoms with Crippen molar-refractivity contribution in [2.45, 2.75) is 33.2 Å². The molecule has 5 heteroatoms. The van der Waals surface area contributed by atoms with Crippen molar-refractivity contribution in [2.24, 2.45) is 5.92 Å². The Morgan fingerprint density at radius 3 is 2.64 bits per heavy atom. The number of para-hydroxylation sites is 1. The van der Waals surface area contributed by atoms with Crippen LogP contribution in [0.15, 0.2) is 34.7 Å². The number of hydrogen-bond acceptors (Lipinski definition) is 4. The Hall–Kier alpha value is -2.30. The van der Waals surface area contributed by atoms with E-state index >= 15 is 0 Å². The summed E-state index contributed by atoms with van der Waals surface area (Å²) in [6.45, 7) is 5.87. The van der Waals surface area contributed by atoms with Crippen molar-refractivity contribution in [1.29, 1.82) is 0 Å². The van der Waals surface area contributed by atoms with E-state index in [1.165, 1.54) is 0 Å². The maximum Gasteiger partial charge on any atom is 0.328 e. The van der Waals surface area contributed by atoms with Gasteiger partial charge < -0.3 is 14.5 Å². The van der Waals surface area contributed by atoms with Crippen molar-refractivity contribution in [3.05, 3.63) is 36.1 Å². The van der Waals surface area contributed by atoms with Gasteiger partial charge in [-0.15, -0.1) is 0 Å². The number of benzene rings is 1. The Labute approximate surface area is 129 Å². The molecule has 0 saturated carbocycles. The van der Waals surface area contributed by atoms with Crippen molar-refractivity contribution < 1.29 is 18.7 Å². The largest absolute Gasteiger partial charge is 0.464 e. The van der Waals surface area contributed by atoms with Crippen LogP contribution in [0.4, 0.5) is 0 Å². The van der Waals surface area contributed by atoms with Crippen molar-refractivity contribution >= 4 is 22.8 Å². The van der Waals surface area contributed by atoms with Gasteiger partial charge in [0.25, 0.3) is 0 Å². The molecule has 118 valence electrons. The average molecular weight is 303 g/mol. The number of hydrogen-bond donors (Lipinski definition) is 1. The molecular weight excluding hydrogens is 282 g/mol. The predicted molar refractivity (Wildman–Crippen MR) is 83.3 cm³/mol. The standard InChI is InChI=1S/C17H21NO4/c1-11(2)10-21-17(20)12(3)18-16(19)9-14-8-13-6-4-5-7-15(13)22-14/h4-8,11-12H,9-10H2,1-3H3,(H,18,19). The molecule has 0 fully saturated rings. The number of ether oxygens (including phenoxy) is 1. The number of fused-ring (bicyclic) bond motifs is 1. The minimum atomic E-state index is -0.671. The van der Waals surface area contributed by atoms with E-state index in [0.29, 0.717) is 12.4 Å². The highest BCUT2D eigenvalue weighted by atomic mass is 16.5. The first-order valence-corrected chi connectivity index (χ1v) is 7.39. The lowest BCUT2D eigenvalue weighted by molar-refractivity contribution is -0.148. The molecule has 1 aromatic carbocycles. The molecule has 0 bridgehead atoms. The van der Waals surface area contributed by atoms with E-state index in [4.69, 9.17) is 9.15 Å². The first kappa shape index (κ1) is 16.1. The summed E-state index contributed by atoms with van der Waals surface area (Å²) in [7, 11) is 0. The van der Waals surface area contributed by atoms with E-state index in [1.54, 1.807) is 6.92 Å². The Kier molecular flexibility index (Phi) is 5.20. The second kappa shape index (κ2) is 7.11.